The van der Waals surface area contributed by atoms with Crippen LogP contribution in [0.5, 0.6) is 0 Å². The number of hydrogen-bond donors (Lipinski definition) is 0. The molecule has 0 aliphatic heterocycles. The van der Waals surface area contributed by atoms with Gasteiger partial charge in [0.05, 0.1) is 27.7 Å². The normalized spacial score (nSPS) is 14.3. The number of rotatable bonds is 39. The maximum Gasteiger partial charge on any atom is 0.306 e. The van der Waals surface area contributed by atoms with Crippen molar-refractivity contribution in [1.82, 2.24) is 0 Å². The number of phosphoric acid groups is 1. The number of nitrogens with zero attached hydrogens (tertiary/aromatic N) is 1. The van der Waals surface area contributed by atoms with Gasteiger partial charge < -0.3 is 27.9 Å². The molecule has 10 heteroatoms. The SMILES string of the molecule is CC/C=C/C=C/C=C/CCCCCCCC(=O)OC(COC(=O)CCCCCCCCCCCC/C=C/C/C=C/C/C=C/CC)COP(=O)([O-])OCC[N+](C)(C)C. The number of phosphoric ester groups is 1. The molecular weight excluding hydrogens is 737 g/mol. The van der Waals surface area contributed by atoms with Gasteiger partial charge in [-0.3, -0.25) is 14.2 Å². The molecule has 0 heterocycles. The second kappa shape index (κ2) is 38.9. The molecule has 0 amide bonds. The highest BCUT2D eigenvalue weighted by molar-refractivity contribution is 7.45. The Morgan fingerprint density at radius 3 is 1.60 bits per heavy atom. The standard InChI is InChI=1S/C47H82NO8P/c1-6-8-10-12-14-16-18-20-21-22-23-24-25-26-28-29-31-33-35-37-39-46(49)53-43-45(44-55-57(51,52)54-42-41-48(3,4)5)56-47(50)40-38-36-34-32-30-27-19-17-15-13-11-9-7-2/h8-11,13-17,19-21,45H,6-7,12,18,22-44H2,1-5H3/b10-8+,11-9+,15-13+,16-14+,19-17+,21-20+. The minimum absolute atomic E-state index is 0.0393. The first kappa shape index (κ1) is 54.5. The molecule has 0 aromatic heterocycles. The number of carbonyl (C=O) groups is 2. The Morgan fingerprint density at radius 2 is 1.04 bits per heavy atom. The van der Waals surface area contributed by atoms with E-state index in [0.717, 1.165) is 89.9 Å². The molecular formula is C47H82NO8P. The largest absolute Gasteiger partial charge is 0.756 e. The molecule has 9 nitrogen and oxygen atoms in total. The molecule has 328 valence electrons. The van der Waals surface area contributed by atoms with Crippen molar-refractivity contribution >= 4 is 19.8 Å². The summed E-state index contributed by atoms with van der Waals surface area (Å²) >= 11 is 0. The molecule has 0 spiro atoms. The molecule has 0 saturated carbocycles. The van der Waals surface area contributed by atoms with E-state index in [1.165, 1.54) is 38.5 Å². The molecule has 2 unspecified atom stereocenters. The fourth-order valence-electron chi connectivity index (χ4n) is 5.61. The monoisotopic (exact) mass is 820 g/mol. The molecule has 0 bridgehead atoms. The van der Waals surface area contributed by atoms with Crippen LogP contribution in [0.1, 0.15) is 162 Å². The molecule has 0 saturated heterocycles. The molecule has 0 radical (unpaired) electrons. The van der Waals surface area contributed by atoms with Gasteiger partial charge in [0.1, 0.15) is 19.8 Å². The maximum absolute atomic E-state index is 12.6. The highest BCUT2D eigenvalue weighted by Crippen LogP contribution is 2.38. The van der Waals surface area contributed by atoms with E-state index < -0.39 is 32.5 Å². The van der Waals surface area contributed by atoms with Crippen LogP contribution in [-0.2, 0) is 32.7 Å². The third-order valence-electron chi connectivity index (χ3n) is 9.03. The van der Waals surface area contributed by atoms with E-state index in [0.29, 0.717) is 17.4 Å². The predicted molar refractivity (Wildman–Crippen MR) is 236 cm³/mol. The van der Waals surface area contributed by atoms with Crippen molar-refractivity contribution in [1.29, 1.82) is 0 Å². The summed E-state index contributed by atoms with van der Waals surface area (Å²) in [6.45, 7) is 3.94. The maximum atomic E-state index is 12.6. The smallest absolute Gasteiger partial charge is 0.306 e. The Morgan fingerprint density at radius 1 is 0.561 bits per heavy atom. The number of esters is 2. The zero-order chi connectivity index (χ0) is 42.1. The van der Waals surface area contributed by atoms with Crippen LogP contribution in [-0.4, -0.2) is 70.0 Å². The highest BCUT2D eigenvalue weighted by Gasteiger charge is 2.21. The van der Waals surface area contributed by atoms with Crippen LogP contribution in [0, 0.1) is 0 Å². The Labute approximate surface area is 348 Å². The van der Waals surface area contributed by atoms with Gasteiger partial charge in [0.15, 0.2) is 6.10 Å². The molecule has 0 aromatic carbocycles. The Balaban J connectivity index is 4.33. The van der Waals surface area contributed by atoms with Crippen molar-refractivity contribution in [2.75, 3.05) is 47.5 Å². The molecule has 0 rings (SSSR count). The van der Waals surface area contributed by atoms with E-state index in [-0.39, 0.29) is 26.1 Å². The van der Waals surface area contributed by atoms with E-state index in [2.05, 4.69) is 68.5 Å². The molecule has 0 fully saturated rings. The molecule has 57 heavy (non-hydrogen) atoms. The minimum atomic E-state index is -4.63. The van der Waals surface area contributed by atoms with Crippen LogP contribution in [0.25, 0.3) is 0 Å². The van der Waals surface area contributed by atoms with Gasteiger partial charge in [0, 0.05) is 12.8 Å². The van der Waals surface area contributed by atoms with Crippen LogP contribution >= 0.6 is 7.82 Å². The summed E-state index contributed by atoms with van der Waals surface area (Å²) in [6.07, 6.45) is 47.9. The van der Waals surface area contributed by atoms with Gasteiger partial charge in [0.25, 0.3) is 7.82 Å². The molecule has 0 N–H and O–H groups in total. The van der Waals surface area contributed by atoms with Crippen LogP contribution in [0.3, 0.4) is 0 Å². The number of quaternary nitrogens is 1. The quantitative estimate of drug-likeness (QED) is 0.0151. The third kappa shape index (κ3) is 42.9. The van der Waals surface area contributed by atoms with Crippen molar-refractivity contribution in [3.05, 3.63) is 72.9 Å². The predicted octanol–water partition coefficient (Wildman–Crippen LogP) is 12.0. The second-order valence-corrected chi connectivity index (χ2v) is 17.1. The number of carbonyl (C=O) groups excluding carboxylic acids is 2. The average Bonchev–Trinajstić information content (AvgIpc) is 3.16. The van der Waals surface area contributed by atoms with Crippen molar-refractivity contribution in [2.45, 2.75) is 168 Å². The third-order valence-corrected chi connectivity index (χ3v) is 10.00. The summed E-state index contributed by atoms with van der Waals surface area (Å²) < 4.78 is 33.9. The first-order valence-corrected chi connectivity index (χ1v) is 23.6. The topological polar surface area (TPSA) is 111 Å². The van der Waals surface area contributed by atoms with Crippen molar-refractivity contribution in [2.24, 2.45) is 0 Å². The van der Waals surface area contributed by atoms with Crippen LogP contribution in [0.2, 0.25) is 0 Å². The van der Waals surface area contributed by atoms with Gasteiger partial charge in [-0.05, 0) is 64.2 Å². The summed E-state index contributed by atoms with van der Waals surface area (Å²) in [5, 5.41) is 0. The summed E-state index contributed by atoms with van der Waals surface area (Å²) in [5.74, 6) is -0.869. The number of hydrogen-bond acceptors (Lipinski definition) is 8. The van der Waals surface area contributed by atoms with Gasteiger partial charge in [0.2, 0.25) is 0 Å². The van der Waals surface area contributed by atoms with Crippen LogP contribution < -0.4 is 4.89 Å². The fourth-order valence-corrected chi connectivity index (χ4v) is 6.34. The summed E-state index contributed by atoms with van der Waals surface area (Å²) in [7, 11) is 1.14. The molecule has 0 aliphatic carbocycles. The summed E-state index contributed by atoms with van der Waals surface area (Å²) in [5.41, 5.74) is 0. The number of unbranched alkanes of at least 4 members (excludes halogenated alkanes) is 15. The average molecular weight is 820 g/mol. The van der Waals surface area contributed by atoms with Gasteiger partial charge >= 0.3 is 11.9 Å². The highest BCUT2D eigenvalue weighted by atomic mass is 31.2. The summed E-state index contributed by atoms with van der Waals surface area (Å²) in [6, 6.07) is 0. The first-order valence-electron chi connectivity index (χ1n) is 22.2. The first-order chi connectivity index (χ1) is 27.5. The fraction of sp³-hybridized carbons (Fsp3) is 0.702. The van der Waals surface area contributed by atoms with E-state index in [4.69, 9.17) is 18.5 Å². The lowest BCUT2D eigenvalue weighted by atomic mass is 10.1. The van der Waals surface area contributed by atoms with E-state index in [9.17, 15) is 19.0 Å². The molecule has 0 aliphatic rings. The van der Waals surface area contributed by atoms with E-state index in [1.807, 2.05) is 39.4 Å². The van der Waals surface area contributed by atoms with Gasteiger partial charge in [-0.2, -0.15) is 0 Å². The van der Waals surface area contributed by atoms with E-state index in [1.54, 1.807) is 0 Å². The Bertz CT molecular complexity index is 1200. The number of ether oxygens (including phenoxy) is 2. The molecule has 2 atom stereocenters. The lowest BCUT2D eigenvalue weighted by Crippen LogP contribution is -2.37. The van der Waals surface area contributed by atoms with Gasteiger partial charge in [-0.15, -0.1) is 0 Å². The lowest BCUT2D eigenvalue weighted by molar-refractivity contribution is -0.870. The zero-order valence-electron chi connectivity index (χ0n) is 36.8. The van der Waals surface area contributed by atoms with Gasteiger partial charge in [-0.25, -0.2) is 0 Å². The Hall–Kier alpha value is -2.55. The molecule has 0 aromatic rings. The summed E-state index contributed by atoms with van der Waals surface area (Å²) in [4.78, 5) is 37.5. The van der Waals surface area contributed by atoms with Crippen molar-refractivity contribution in [3.63, 3.8) is 0 Å². The number of likely N-dealkylation sites (N-methyl/N-ethyl adjacent to an activating group) is 1. The van der Waals surface area contributed by atoms with Crippen LogP contribution in [0.15, 0.2) is 72.9 Å². The van der Waals surface area contributed by atoms with Crippen molar-refractivity contribution < 1.29 is 42.1 Å². The minimum Gasteiger partial charge on any atom is -0.756 e. The number of allylic oxidation sites excluding steroid dienone is 12. The van der Waals surface area contributed by atoms with Crippen molar-refractivity contribution in [3.8, 4) is 0 Å². The van der Waals surface area contributed by atoms with E-state index >= 15 is 0 Å². The van der Waals surface area contributed by atoms with Gasteiger partial charge in [-0.1, -0.05) is 157 Å². The lowest BCUT2D eigenvalue weighted by Gasteiger charge is -2.28. The Kier molecular flexibility index (Phi) is 37.2. The zero-order valence-corrected chi connectivity index (χ0v) is 37.7. The van der Waals surface area contributed by atoms with Crippen LogP contribution in [0.4, 0.5) is 0 Å². The second-order valence-electron chi connectivity index (χ2n) is 15.7.